The van der Waals surface area contributed by atoms with Crippen LogP contribution in [0, 0.1) is 0 Å². The molecule has 19 heavy (non-hydrogen) atoms. The van der Waals surface area contributed by atoms with Gasteiger partial charge < -0.3 is 5.11 Å². The maximum atomic E-state index is 9.68. The summed E-state index contributed by atoms with van der Waals surface area (Å²) < 4.78 is 0. The number of aliphatic hydroxyl groups excluding tert-OH is 1. The Morgan fingerprint density at radius 2 is 1.89 bits per heavy atom. The molecule has 1 aromatic carbocycles. The summed E-state index contributed by atoms with van der Waals surface area (Å²) in [6.07, 6.45) is 1.91. The number of pyridine rings is 1. The lowest BCUT2D eigenvalue weighted by molar-refractivity contribution is 0.169. The van der Waals surface area contributed by atoms with Crippen LogP contribution in [0.2, 0.25) is 10.0 Å². The highest BCUT2D eigenvalue weighted by atomic mass is 35.5. The number of aromatic nitrogens is 1. The highest BCUT2D eigenvalue weighted by Crippen LogP contribution is 2.32. The fourth-order valence-electron chi connectivity index (χ4n) is 1.53. The lowest BCUT2D eigenvalue weighted by Gasteiger charge is -2.08. The first kappa shape index (κ1) is 14.7. The number of rotatable bonds is 4. The molecule has 0 aliphatic rings. The van der Waals surface area contributed by atoms with Crippen molar-refractivity contribution >= 4 is 35.0 Å². The van der Waals surface area contributed by atoms with Crippen molar-refractivity contribution in [2.24, 2.45) is 0 Å². The fraction of sp³-hybridized carbons (Fsp3) is 0.214. The molecule has 0 spiro atoms. The van der Waals surface area contributed by atoms with Crippen molar-refractivity contribution in [2.45, 2.75) is 29.2 Å². The summed E-state index contributed by atoms with van der Waals surface area (Å²) >= 11 is 13.4. The summed E-state index contributed by atoms with van der Waals surface area (Å²) in [5, 5.41) is 10.8. The maximum absolute atomic E-state index is 9.68. The Hall–Kier alpha value is -0.740. The van der Waals surface area contributed by atoms with Gasteiger partial charge in [-0.25, -0.2) is 0 Å². The third-order valence-electron chi connectivity index (χ3n) is 2.61. The zero-order valence-corrected chi connectivity index (χ0v) is 12.6. The van der Waals surface area contributed by atoms with Crippen molar-refractivity contribution in [2.75, 3.05) is 0 Å². The van der Waals surface area contributed by atoms with E-state index in [2.05, 4.69) is 4.98 Å². The molecule has 0 radical (unpaired) electrons. The zero-order chi connectivity index (χ0) is 13.8. The van der Waals surface area contributed by atoms with Crippen LogP contribution in [0.15, 0.2) is 46.3 Å². The minimum Gasteiger partial charge on any atom is -0.387 e. The normalized spacial score (nSPS) is 12.4. The van der Waals surface area contributed by atoms with Crippen LogP contribution in [0.3, 0.4) is 0 Å². The topological polar surface area (TPSA) is 33.1 Å². The second-order valence-corrected chi connectivity index (χ2v) is 5.98. The van der Waals surface area contributed by atoms with Gasteiger partial charge in [-0.15, -0.1) is 0 Å². The number of hydrogen-bond acceptors (Lipinski definition) is 3. The molecule has 0 fully saturated rings. The van der Waals surface area contributed by atoms with Gasteiger partial charge in [-0.05, 0) is 36.8 Å². The van der Waals surface area contributed by atoms with E-state index in [0.717, 1.165) is 9.79 Å². The highest BCUT2D eigenvalue weighted by molar-refractivity contribution is 7.99. The Balaban J connectivity index is 2.12. The maximum Gasteiger partial charge on any atom is 0.0957 e. The molecule has 1 N–H and O–H groups in total. The smallest absolute Gasteiger partial charge is 0.0957 e. The van der Waals surface area contributed by atoms with Crippen LogP contribution >= 0.6 is 35.0 Å². The molecule has 5 heteroatoms. The van der Waals surface area contributed by atoms with Crippen LogP contribution in [0.25, 0.3) is 0 Å². The molecule has 1 atom stereocenters. The van der Waals surface area contributed by atoms with Crippen molar-refractivity contribution in [3.05, 3.63) is 52.3 Å². The van der Waals surface area contributed by atoms with Crippen molar-refractivity contribution in [1.82, 2.24) is 4.98 Å². The van der Waals surface area contributed by atoms with Crippen LogP contribution in [0.1, 0.15) is 25.1 Å². The first-order valence-corrected chi connectivity index (χ1v) is 7.44. The van der Waals surface area contributed by atoms with Gasteiger partial charge in [0.15, 0.2) is 0 Å². The summed E-state index contributed by atoms with van der Waals surface area (Å²) in [5.74, 6) is 0. The van der Waals surface area contributed by atoms with Gasteiger partial charge in [-0.3, -0.25) is 4.98 Å². The molecular formula is C14H13Cl2NOS. The van der Waals surface area contributed by atoms with Gasteiger partial charge in [0.05, 0.1) is 21.8 Å². The Morgan fingerprint density at radius 1 is 1.16 bits per heavy atom. The van der Waals surface area contributed by atoms with Gasteiger partial charge in [-0.2, -0.15) is 0 Å². The van der Waals surface area contributed by atoms with Gasteiger partial charge in [0.25, 0.3) is 0 Å². The largest absolute Gasteiger partial charge is 0.387 e. The first-order chi connectivity index (χ1) is 9.10. The molecule has 2 rings (SSSR count). The third kappa shape index (κ3) is 3.86. The molecule has 0 saturated carbocycles. The molecule has 1 aromatic heterocycles. The van der Waals surface area contributed by atoms with Crippen LogP contribution in [0.4, 0.5) is 0 Å². The van der Waals surface area contributed by atoms with Gasteiger partial charge in [0, 0.05) is 16.0 Å². The van der Waals surface area contributed by atoms with E-state index in [-0.39, 0.29) is 0 Å². The summed E-state index contributed by atoms with van der Waals surface area (Å²) in [6, 6.07) is 9.29. The molecule has 0 aliphatic carbocycles. The molecule has 0 bridgehead atoms. The first-order valence-electron chi connectivity index (χ1n) is 5.87. The monoisotopic (exact) mass is 313 g/mol. The van der Waals surface area contributed by atoms with Crippen molar-refractivity contribution in [1.29, 1.82) is 0 Å². The Kier molecular flexibility index (Phi) is 5.11. The molecular weight excluding hydrogens is 301 g/mol. The fourth-order valence-corrected chi connectivity index (χ4v) is 2.72. The van der Waals surface area contributed by atoms with E-state index < -0.39 is 6.10 Å². The number of hydrogen-bond donors (Lipinski definition) is 1. The second kappa shape index (κ2) is 6.62. The van der Waals surface area contributed by atoms with Gasteiger partial charge in [-0.1, -0.05) is 41.9 Å². The Bertz CT molecular complexity index is 560. The predicted molar refractivity (Wildman–Crippen MR) is 80.1 cm³/mol. The van der Waals surface area contributed by atoms with Crippen LogP contribution < -0.4 is 0 Å². The molecule has 0 aliphatic heterocycles. The summed E-state index contributed by atoms with van der Waals surface area (Å²) in [5.41, 5.74) is 0.695. The molecule has 2 nitrogen and oxygen atoms in total. The SMILES string of the molecule is CC[C@@H](O)c1ccc(Sc2ccc(Cl)c(Cl)c2)cn1. The van der Waals surface area contributed by atoms with Crippen LogP contribution in [-0.4, -0.2) is 10.1 Å². The number of nitrogens with zero attached hydrogens (tertiary/aromatic N) is 1. The average molecular weight is 314 g/mol. The number of halogens is 2. The summed E-state index contributed by atoms with van der Waals surface area (Å²) in [6.45, 7) is 1.92. The lowest BCUT2D eigenvalue weighted by atomic mass is 10.2. The molecule has 100 valence electrons. The van der Waals surface area contributed by atoms with E-state index in [1.54, 1.807) is 24.0 Å². The standard InChI is InChI=1S/C14H13Cl2NOS/c1-2-14(18)13-6-4-10(8-17-13)19-9-3-5-11(15)12(16)7-9/h3-8,14,18H,2H2,1H3/t14-/m1/s1. The number of aliphatic hydroxyl groups is 1. The zero-order valence-electron chi connectivity index (χ0n) is 10.3. The molecule has 0 amide bonds. The van der Waals surface area contributed by atoms with E-state index in [4.69, 9.17) is 23.2 Å². The van der Waals surface area contributed by atoms with Crippen LogP contribution in [0.5, 0.6) is 0 Å². The van der Waals surface area contributed by atoms with Crippen molar-refractivity contribution in [3.8, 4) is 0 Å². The summed E-state index contributed by atoms with van der Waals surface area (Å²) in [4.78, 5) is 6.25. The highest BCUT2D eigenvalue weighted by Gasteiger charge is 2.07. The Morgan fingerprint density at radius 3 is 2.47 bits per heavy atom. The molecule has 0 unspecified atom stereocenters. The average Bonchev–Trinajstić information content (AvgIpc) is 2.43. The van der Waals surface area contributed by atoms with Gasteiger partial charge in [0.1, 0.15) is 0 Å². The lowest BCUT2D eigenvalue weighted by Crippen LogP contribution is -1.97. The molecule has 1 heterocycles. The molecule has 2 aromatic rings. The minimum absolute atomic E-state index is 0.496. The van der Waals surface area contributed by atoms with Crippen LogP contribution in [-0.2, 0) is 0 Å². The van der Waals surface area contributed by atoms with Gasteiger partial charge in [0.2, 0.25) is 0 Å². The number of benzene rings is 1. The van der Waals surface area contributed by atoms with E-state index in [9.17, 15) is 5.11 Å². The van der Waals surface area contributed by atoms with E-state index in [1.165, 1.54) is 0 Å². The quantitative estimate of drug-likeness (QED) is 0.863. The van der Waals surface area contributed by atoms with E-state index in [0.29, 0.717) is 22.2 Å². The Labute approximate surface area is 126 Å². The van der Waals surface area contributed by atoms with Gasteiger partial charge >= 0.3 is 0 Å². The minimum atomic E-state index is -0.496. The predicted octanol–water partition coefficient (Wildman–Crippen LogP) is 4.98. The second-order valence-electron chi connectivity index (χ2n) is 4.02. The summed E-state index contributed by atoms with van der Waals surface area (Å²) in [7, 11) is 0. The van der Waals surface area contributed by atoms with Crippen molar-refractivity contribution < 1.29 is 5.11 Å². The third-order valence-corrected chi connectivity index (χ3v) is 4.32. The van der Waals surface area contributed by atoms with E-state index >= 15 is 0 Å². The molecule has 0 saturated heterocycles. The van der Waals surface area contributed by atoms with Crippen molar-refractivity contribution in [3.63, 3.8) is 0 Å². The van der Waals surface area contributed by atoms with E-state index in [1.807, 2.05) is 31.2 Å².